The molecule has 27 heavy (non-hydrogen) atoms. The number of pyridine rings is 1. The van der Waals surface area contributed by atoms with E-state index in [-0.39, 0.29) is 10.6 Å². The van der Waals surface area contributed by atoms with Gasteiger partial charge in [-0.2, -0.15) is 0 Å². The molecule has 1 atom stereocenters. The summed E-state index contributed by atoms with van der Waals surface area (Å²) in [6.45, 7) is 1.42. The number of amides is 1. The summed E-state index contributed by atoms with van der Waals surface area (Å²) < 4.78 is 5.22. The third kappa shape index (κ3) is 4.30. The van der Waals surface area contributed by atoms with Crippen molar-refractivity contribution in [2.75, 3.05) is 5.32 Å². The van der Waals surface area contributed by atoms with Gasteiger partial charge in [0.25, 0.3) is 5.91 Å². The number of para-hydroxylation sites is 1. The van der Waals surface area contributed by atoms with Crippen molar-refractivity contribution in [1.29, 1.82) is 0 Å². The second kappa shape index (κ2) is 7.82. The summed E-state index contributed by atoms with van der Waals surface area (Å²) >= 11 is 11.8. The molecule has 1 aromatic heterocycles. The molecule has 0 aliphatic heterocycles. The Hall–Kier alpha value is -2.83. The lowest BCUT2D eigenvalue weighted by molar-refractivity contribution is -0.123. The van der Waals surface area contributed by atoms with E-state index in [2.05, 4.69) is 10.3 Å². The van der Waals surface area contributed by atoms with E-state index in [4.69, 9.17) is 27.9 Å². The van der Waals surface area contributed by atoms with Gasteiger partial charge in [-0.25, -0.2) is 4.79 Å². The minimum absolute atomic E-state index is 0.0820. The zero-order chi connectivity index (χ0) is 19.6. The Kier molecular flexibility index (Phi) is 5.48. The predicted molar refractivity (Wildman–Crippen MR) is 105 cm³/mol. The average Bonchev–Trinajstić information content (AvgIpc) is 2.63. The van der Waals surface area contributed by atoms with Crippen molar-refractivity contribution in [2.24, 2.45) is 0 Å². The van der Waals surface area contributed by atoms with E-state index in [1.54, 1.807) is 36.4 Å². The summed E-state index contributed by atoms with van der Waals surface area (Å²) in [5.74, 6) is -1.34. The SMILES string of the molecule is CC(OC(=O)c1cc(=O)[nH]c2ccccc12)C(=O)Nc1ccc(Cl)cc1Cl. The molecule has 2 aromatic carbocycles. The molecule has 2 N–H and O–H groups in total. The molecule has 8 heteroatoms. The summed E-state index contributed by atoms with van der Waals surface area (Å²) in [6, 6.07) is 12.6. The van der Waals surface area contributed by atoms with E-state index in [9.17, 15) is 14.4 Å². The second-order valence-electron chi connectivity index (χ2n) is 5.75. The molecular weight excluding hydrogens is 391 g/mol. The van der Waals surface area contributed by atoms with Gasteiger partial charge in [-0.15, -0.1) is 0 Å². The van der Waals surface area contributed by atoms with E-state index in [1.165, 1.54) is 13.0 Å². The number of fused-ring (bicyclic) bond motifs is 1. The van der Waals surface area contributed by atoms with Crippen molar-refractivity contribution in [2.45, 2.75) is 13.0 Å². The number of benzene rings is 2. The van der Waals surface area contributed by atoms with Crippen LogP contribution in [0.15, 0.2) is 53.3 Å². The van der Waals surface area contributed by atoms with Crippen LogP contribution in [0.1, 0.15) is 17.3 Å². The Balaban J connectivity index is 1.78. The number of aromatic nitrogens is 1. The van der Waals surface area contributed by atoms with Crippen LogP contribution in [-0.2, 0) is 9.53 Å². The third-order valence-corrected chi connectivity index (χ3v) is 4.36. The van der Waals surface area contributed by atoms with Gasteiger partial charge >= 0.3 is 5.97 Å². The first kappa shape index (κ1) is 18.9. The fourth-order valence-electron chi connectivity index (χ4n) is 2.48. The highest BCUT2D eigenvalue weighted by Crippen LogP contribution is 2.25. The molecule has 1 heterocycles. The molecule has 0 saturated carbocycles. The summed E-state index contributed by atoms with van der Waals surface area (Å²) in [5.41, 5.74) is 0.488. The second-order valence-corrected chi connectivity index (χ2v) is 6.60. The summed E-state index contributed by atoms with van der Waals surface area (Å²) in [4.78, 5) is 39.2. The van der Waals surface area contributed by atoms with Gasteiger partial charge in [-0.05, 0) is 31.2 Å². The van der Waals surface area contributed by atoms with Crippen molar-refractivity contribution < 1.29 is 14.3 Å². The van der Waals surface area contributed by atoms with Crippen LogP contribution in [0.4, 0.5) is 5.69 Å². The fourth-order valence-corrected chi connectivity index (χ4v) is 2.93. The number of hydrogen-bond donors (Lipinski definition) is 2. The Morgan fingerprint density at radius 2 is 1.85 bits per heavy atom. The highest BCUT2D eigenvalue weighted by atomic mass is 35.5. The molecule has 0 radical (unpaired) electrons. The van der Waals surface area contributed by atoms with Crippen LogP contribution >= 0.6 is 23.2 Å². The zero-order valence-electron chi connectivity index (χ0n) is 14.1. The number of esters is 1. The van der Waals surface area contributed by atoms with Gasteiger partial charge < -0.3 is 15.0 Å². The number of ether oxygens (including phenoxy) is 1. The highest BCUT2D eigenvalue weighted by molar-refractivity contribution is 6.36. The van der Waals surface area contributed by atoms with Crippen molar-refractivity contribution >= 4 is 51.7 Å². The van der Waals surface area contributed by atoms with Crippen LogP contribution < -0.4 is 10.9 Å². The standard InChI is InChI=1S/C19H14Cl2N2O4/c1-10(18(25)23-16-7-6-11(20)8-14(16)21)27-19(26)13-9-17(24)22-15-5-3-2-4-12(13)15/h2-10H,1H3,(H,22,24)(H,23,25). The number of hydrogen-bond acceptors (Lipinski definition) is 4. The van der Waals surface area contributed by atoms with Crippen LogP contribution in [-0.4, -0.2) is 23.0 Å². The molecular formula is C19H14Cl2N2O4. The van der Waals surface area contributed by atoms with Gasteiger partial charge in [-0.1, -0.05) is 41.4 Å². The van der Waals surface area contributed by atoms with Gasteiger partial charge in [0.15, 0.2) is 6.10 Å². The number of H-pyrrole nitrogens is 1. The van der Waals surface area contributed by atoms with E-state index in [0.29, 0.717) is 21.6 Å². The maximum absolute atomic E-state index is 12.5. The number of aromatic amines is 1. The smallest absolute Gasteiger partial charge is 0.339 e. The van der Waals surface area contributed by atoms with E-state index < -0.39 is 23.5 Å². The molecule has 3 rings (SSSR count). The molecule has 0 aliphatic rings. The molecule has 3 aromatic rings. The van der Waals surface area contributed by atoms with Crippen LogP contribution in [0, 0.1) is 0 Å². The molecule has 0 aliphatic carbocycles. The quantitative estimate of drug-likeness (QED) is 0.642. The summed E-state index contributed by atoms with van der Waals surface area (Å²) in [7, 11) is 0. The normalized spacial score (nSPS) is 11.8. The monoisotopic (exact) mass is 404 g/mol. The number of nitrogens with one attached hydrogen (secondary N) is 2. The van der Waals surface area contributed by atoms with Crippen molar-refractivity contribution in [3.63, 3.8) is 0 Å². The number of carbonyl (C=O) groups excluding carboxylic acids is 2. The van der Waals surface area contributed by atoms with Crippen molar-refractivity contribution in [1.82, 2.24) is 4.98 Å². The Morgan fingerprint density at radius 1 is 1.11 bits per heavy atom. The largest absolute Gasteiger partial charge is 0.449 e. The molecule has 6 nitrogen and oxygen atoms in total. The molecule has 0 fully saturated rings. The third-order valence-electron chi connectivity index (χ3n) is 3.81. The lowest BCUT2D eigenvalue weighted by Crippen LogP contribution is -2.30. The topological polar surface area (TPSA) is 88.3 Å². The van der Waals surface area contributed by atoms with Crippen LogP contribution in [0.25, 0.3) is 10.9 Å². The van der Waals surface area contributed by atoms with Crippen LogP contribution in [0.2, 0.25) is 10.0 Å². The molecule has 0 saturated heterocycles. The van der Waals surface area contributed by atoms with Crippen LogP contribution in [0.3, 0.4) is 0 Å². The van der Waals surface area contributed by atoms with Crippen molar-refractivity contribution in [3.05, 3.63) is 74.5 Å². The summed E-state index contributed by atoms with van der Waals surface area (Å²) in [6.07, 6.45) is -1.11. The lowest BCUT2D eigenvalue weighted by atomic mass is 10.1. The van der Waals surface area contributed by atoms with Crippen LogP contribution in [0.5, 0.6) is 0 Å². The Labute approximate surface area is 164 Å². The van der Waals surface area contributed by atoms with Gasteiger partial charge in [-0.3, -0.25) is 9.59 Å². The fraction of sp³-hybridized carbons (Fsp3) is 0.105. The molecule has 0 bridgehead atoms. The Morgan fingerprint density at radius 3 is 2.59 bits per heavy atom. The lowest BCUT2D eigenvalue weighted by Gasteiger charge is -2.15. The molecule has 1 unspecified atom stereocenters. The first-order valence-corrected chi connectivity index (χ1v) is 8.69. The first-order chi connectivity index (χ1) is 12.8. The predicted octanol–water partition coefficient (Wildman–Crippen LogP) is 4.02. The zero-order valence-corrected chi connectivity index (χ0v) is 15.6. The molecule has 1 amide bonds. The average molecular weight is 405 g/mol. The van der Waals surface area contributed by atoms with Crippen molar-refractivity contribution in [3.8, 4) is 0 Å². The molecule has 138 valence electrons. The van der Waals surface area contributed by atoms with Gasteiger partial charge in [0.1, 0.15) is 0 Å². The number of carbonyl (C=O) groups is 2. The number of rotatable bonds is 4. The Bertz CT molecular complexity index is 1090. The van der Waals surface area contributed by atoms with Gasteiger partial charge in [0.05, 0.1) is 16.3 Å². The minimum atomic E-state index is -1.11. The van der Waals surface area contributed by atoms with Gasteiger partial charge in [0, 0.05) is 22.0 Å². The minimum Gasteiger partial charge on any atom is -0.449 e. The summed E-state index contributed by atoms with van der Waals surface area (Å²) in [5, 5.41) is 3.78. The first-order valence-electron chi connectivity index (χ1n) is 7.94. The van der Waals surface area contributed by atoms with E-state index in [1.807, 2.05) is 0 Å². The van der Waals surface area contributed by atoms with E-state index >= 15 is 0 Å². The highest BCUT2D eigenvalue weighted by Gasteiger charge is 2.21. The van der Waals surface area contributed by atoms with Gasteiger partial charge in [0.2, 0.25) is 5.56 Å². The maximum atomic E-state index is 12.5. The van der Waals surface area contributed by atoms with E-state index in [0.717, 1.165) is 6.07 Å². The molecule has 0 spiro atoms. The number of anilines is 1. The number of halogens is 2. The maximum Gasteiger partial charge on any atom is 0.339 e.